The van der Waals surface area contributed by atoms with Gasteiger partial charge in [-0.05, 0) is 0 Å². The van der Waals surface area contributed by atoms with Gasteiger partial charge in [0.1, 0.15) is 0 Å². The van der Waals surface area contributed by atoms with Gasteiger partial charge >= 0.3 is 21.1 Å². The molecule has 0 atom stereocenters. The maximum atomic E-state index is 3.82. The molecule has 0 aliphatic rings. The van der Waals surface area contributed by atoms with Crippen LogP contribution < -0.4 is 0 Å². The summed E-state index contributed by atoms with van der Waals surface area (Å²) >= 11 is 0. The summed E-state index contributed by atoms with van der Waals surface area (Å²) in [6, 6.07) is 0. The molecule has 0 fully saturated rings. The van der Waals surface area contributed by atoms with Crippen molar-refractivity contribution in [3.63, 3.8) is 0 Å². The van der Waals surface area contributed by atoms with Crippen LogP contribution >= 0.6 is 0 Å². The van der Waals surface area contributed by atoms with Gasteiger partial charge in [-0.25, -0.2) is 25.0 Å². The summed E-state index contributed by atoms with van der Waals surface area (Å²) in [6.07, 6.45) is 2.78. The average Bonchev–Trinajstić information content (AvgIpc) is 1.65. The summed E-state index contributed by atoms with van der Waals surface area (Å²) in [7, 11) is 0. The zero-order valence-electron chi connectivity index (χ0n) is 7.11. The molecule has 0 unspecified atom stereocenters. The van der Waals surface area contributed by atoms with Crippen LogP contribution in [0.15, 0.2) is 11.6 Å². The Labute approximate surface area is 79.4 Å². The van der Waals surface area contributed by atoms with Crippen LogP contribution in [0.2, 0.25) is 0 Å². The molecule has 0 saturated carbocycles. The normalized spacial score (nSPS) is 12.6. The van der Waals surface area contributed by atoms with Crippen LogP contribution in [0.5, 0.6) is 0 Å². The van der Waals surface area contributed by atoms with Crippen molar-refractivity contribution >= 4 is 0 Å². The Bertz CT molecular complexity index is 106. The predicted octanol–water partition coefficient (Wildman–Crippen LogP) is 3.01. The van der Waals surface area contributed by atoms with Crippen molar-refractivity contribution in [2.24, 2.45) is 5.41 Å². The SMILES string of the molecule is [CH2-]C=C(C[CH2-])C(C)(C)C.[W+2]. The van der Waals surface area contributed by atoms with E-state index >= 15 is 0 Å². The van der Waals surface area contributed by atoms with E-state index in [1.165, 1.54) is 5.57 Å². The predicted molar refractivity (Wildman–Crippen MR) is 42.9 cm³/mol. The minimum absolute atomic E-state index is 0. The molecule has 0 aromatic carbocycles. The second kappa shape index (κ2) is 5.02. The first-order valence-electron chi connectivity index (χ1n) is 3.30. The molecule has 0 nitrogen and oxygen atoms in total. The Kier molecular flexibility index (Phi) is 6.49. The zero-order valence-corrected chi connectivity index (χ0v) is 10.0. The summed E-state index contributed by atoms with van der Waals surface area (Å²) in [6.45, 7) is 14.1. The molecule has 0 rings (SSSR count). The van der Waals surface area contributed by atoms with E-state index in [0.29, 0.717) is 0 Å². The molecule has 0 aromatic rings. The zero-order chi connectivity index (χ0) is 7.49. The van der Waals surface area contributed by atoms with Crippen molar-refractivity contribution in [3.05, 3.63) is 25.5 Å². The van der Waals surface area contributed by atoms with Crippen molar-refractivity contribution in [3.8, 4) is 0 Å². The maximum absolute atomic E-state index is 3.82. The van der Waals surface area contributed by atoms with Gasteiger partial charge in [-0.2, -0.15) is 0 Å². The molecular weight excluding hydrogens is 292 g/mol. The largest absolute Gasteiger partial charge is 2.00 e. The molecule has 0 radical (unpaired) electrons. The van der Waals surface area contributed by atoms with E-state index in [1.807, 2.05) is 6.08 Å². The third-order valence-corrected chi connectivity index (χ3v) is 1.48. The monoisotopic (exact) mass is 308 g/mol. The first kappa shape index (κ1) is 12.9. The number of allylic oxidation sites excluding steroid dienone is 2. The van der Waals surface area contributed by atoms with E-state index in [0.717, 1.165) is 6.42 Å². The van der Waals surface area contributed by atoms with Crippen LogP contribution in [0.4, 0.5) is 0 Å². The first-order chi connectivity index (χ1) is 4.02. The molecule has 0 saturated heterocycles. The third kappa shape index (κ3) is 4.17. The third-order valence-electron chi connectivity index (χ3n) is 1.48. The van der Waals surface area contributed by atoms with Crippen molar-refractivity contribution in [2.75, 3.05) is 0 Å². The van der Waals surface area contributed by atoms with E-state index in [9.17, 15) is 0 Å². The molecule has 0 spiro atoms. The van der Waals surface area contributed by atoms with Crippen LogP contribution in [-0.4, -0.2) is 0 Å². The van der Waals surface area contributed by atoms with Crippen LogP contribution in [0.3, 0.4) is 0 Å². The first-order valence-corrected chi connectivity index (χ1v) is 3.30. The minimum atomic E-state index is 0. The molecule has 0 bridgehead atoms. The molecule has 0 N–H and O–H groups in total. The van der Waals surface area contributed by atoms with Crippen LogP contribution in [0.25, 0.3) is 0 Å². The van der Waals surface area contributed by atoms with Crippen LogP contribution in [0, 0.1) is 19.3 Å². The van der Waals surface area contributed by atoms with Crippen LogP contribution in [-0.2, 0) is 21.1 Å². The van der Waals surface area contributed by atoms with Gasteiger partial charge in [0.05, 0.1) is 0 Å². The Morgan fingerprint density at radius 2 is 1.80 bits per heavy atom. The summed E-state index contributed by atoms with van der Waals surface area (Å²) in [5.74, 6) is 0. The summed E-state index contributed by atoms with van der Waals surface area (Å²) in [4.78, 5) is 0. The van der Waals surface area contributed by atoms with E-state index in [4.69, 9.17) is 0 Å². The summed E-state index contributed by atoms with van der Waals surface area (Å²) in [5.41, 5.74) is 1.58. The Hall–Kier alpha value is 0.298. The molecule has 0 aliphatic carbocycles. The second-order valence-corrected chi connectivity index (χ2v) is 3.23. The number of hydrogen-bond acceptors (Lipinski definition) is 0. The fourth-order valence-corrected chi connectivity index (χ4v) is 0.783. The fraction of sp³-hybridized carbons (Fsp3) is 0.556. The average molecular weight is 308 g/mol. The van der Waals surface area contributed by atoms with Gasteiger partial charge in [-0.15, -0.1) is 0 Å². The standard InChI is InChI=1S/C9H16.W/c1-6-8(7-2)9(3,4)5;/h6H,1-2,7H2,3-5H3;/q-2;+2. The minimum Gasteiger partial charge on any atom is -0.356 e. The Morgan fingerprint density at radius 3 is 1.80 bits per heavy atom. The molecule has 0 aliphatic heterocycles. The van der Waals surface area contributed by atoms with Gasteiger partial charge in [0, 0.05) is 0 Å². The van der Waals surface area contributed by atoms with E-state index in [2.05, 4.69) is 34.6 Å². The molecule has 0 heterocycles. The Balaban J connectivity index is 0. The van der Waals surface area contributed by atoms with Gasteiger partial charge in [-0.1, -0.05) is 26.2 Å². The van der Waals surface area contributed by atoms with Crippen molar-refractivity contribution in [2.45, 2.75) is 27.2 Å². The van der Waals surface area contributed by atoms with E-state index < -0.39 is 0 Å². The molecule has 1 heteroatoms. The molecule has 0 aromatic heterocycles. The summed E-state index contributed by atoms with van der Waals surface area (Å²) < 4.78 is 0. The molecule has 0 amide bonds. The van der Waals surface area contributed by atoms with Crippen LogP contribution in [0.1, 0.15) is 27.2 Å². The summed E-state index contributed by atoms with van der Waals surface area (Å²) in [5, 5.41) is 0. The Morgan fingerprint density at radius 1 is 1.40 bits per heavy atom. The quantitative estimate of drug-likeness (QED) is 0.653. The fourth-order valence-electron chi connectivity index (χ4n) is 0.783. The van der Waals surface area contributed by atoms with Crippen molar-refractivity contribution in [1.29, 1.82) is 0 Å². The number of rotatable bonds is 1. The van der Waals surface area contributed by atoms with E-state index in [1.54, 1.807) is 0 Å². The molecule has 58 valence electrons. The van der Waals surface area contributed by atoms with Gasteiger partial charge in [0.2, 0.25) is 0 Å². The van der Waals surface area contributed by atoms with Crippen molar-refractivity contribution < 1.29 is 21.1 Å². The second-order valence-electron chi connectivity index (χ2n) is 3.23. The van der Waals surface area contributed by atoms with Gasteiger partial charge < -0.3 is 6.92 Å². The van der Waals surface area contributed by atoms with Gasteiger partial charge in [0.25, 0.3) is 0 Å². The number of hydrogen-bond donors (Lipinski definition) is 0. The topological polar surface area (TPSA) is 0 Å². The van der Waals surface area contributed by atoms with Crippen molar-refractivity contribution in [1.82, 2.24) is 0 Å². The van der Waals surface area contributed by atoms with E-state index in [-0.39, 0.29) is 26.5 Å². The van der Waals surface area contributed by atoms with Gasteiger partial charge in [-0.3, -0.25) is 0 Å². The smallest absolute Gasteiger partial charge is 0.356 e. The maximum Gasteiger partial charge on any atom is 2.00 e. The molecular formula is C9H16W. The van der Waals surface area contributed by atoms with Gasteiger partial charge in [0.15, 0.2) is 0 Å². The molecule has 10 heavy (non-hydrogen) atoms.